The molecule has 12 heteroatoms. The van der Waals surface area contributed by atoms with Gasteiger partial charge in [0, 0.05) is 23.6 Å². The van der Waals surface area contributed by atoms with E-state index in [4.69, 9.17) is 23.2 Å². The lowest BCUT2D eigenvalue weighted by Crippen LogP contribution is -2.26. The summed E-state index contributed by atoms with van der Waals surface area (Å²) in [5, 5.41) is 11.1. The van der Waals surface area contributed by atoms with Gasteiger partial charge in [0.15, 0.2) is 0 Å². The first kappa shape index (κ1) is 24.0. The van der Waals surface area contributed by atoms with Gasteiger partial charge < -0.3 is 0 Å². The summed E-state index contributed by atoms with van der Waals surface area (Å²) in [4.78, 5) is 12.3. The maximum atomic E-state index is 12.4. The van der Waals surface area contributed by atoms with Crippen molar-refractivity contribution in [2.24, 2.45) is 0 Å². The fourth-order valence-electron chi connectivity index (χ4n) is 2.49. The summed E-state index contributed by atoms with van der Waals surface area (Å²) in [7, 11) is -3.81. The Morgan fingerprint density at radius 3 is 2.65 bits per heavy atom. The Labute approximate surface area is 198 Å². The van der Waals surface area contributed by atoms with Crippen LogP contribution in [0.4, 0.5) is 5.13 Å². The second-order valence-electron chi connectivity index (χ2n) is 6.34. The van der Waals surface area contributed by atoms with E-state index in [-0.39, 0.29) is 21.9 Å². The number of anilines is 1. The molecule has 2 N–H and O–H groups in total. The number of carbonyl (C=O) groups excluding carboxylic acids is 1. The number of thioether (sulfide) groups is 1. The van der Waals surface area contributed by atoms with Crippen LogP contribution >= 0.6 is 46.3 Å². The van der Waals surface area contributed by atoms with Crippen LogP contribution in [0.2, 0.25) is 10.0 Å². The van der Waals surface area contributed by atoms with E-state index in [0.717, 1.165) is 22.5 Å². The molecule has 2 aromatic carbocycles. The molecule has 3 rings (SSSR count). The topological polar surface area (TPSA) is 101 Å². The quantitative estimate of drug-likeness (QED) is 0.318. The van der Waals surface area contributed by atoms with Gasteiger partial charge in [-0.2, -0.15) is 11.8 Å². The van der Waals surface area contributed by atoms with Crippen molar-refractivity contribution in [3.05, 3.63) is 69.2 Å². The van der Waals surface area contributed by atoms with Gasteiger partial charge in [-0.15, -0.1) is 10.2 Å². The summed E-state index contributed by atoms with van der Waals surface area (Å²) in [6, 6.07) is 12.5. The van der Waals surface area contributed by atoms with Crippen LogP contribution in [-0.2, 0) is 15.8 Å². The number of nitrogens with zero attached hydrogens (tertiary/aromatic N) is 2. The molecule has 7 nitrogen and oxygen atoms in total. The van der Waals surface area contributed by atoms with E-state index in [0.29, 0.717) is 27.1 Å². The van der Waals surface area contributed by atoms with Crippen LogP contribution < -0.4 is 10.0 Å². The van der Waals surface area contributed by atoms with Gasteiger partial charge in [-0.25, -0.2) is 13.1 Å². The zero-order chi connectivity index (χ0) is 22.4. The van der Waals surface area contributed by atoms with E-state index in [1.54, 1.807) is 36.0 Å². The molecule has 0 aliphatic rings. The molecule has 0 bridgehead atoms. The second-order valence-corrected chi connectivity index (χ2v) is 11.2. The zero-order valence-electron chi connectivity index (χ0n) is 16.3. The number of carbonyl (C=O) groups is 1. The summed E-state index contributed by atoms with van der Waals surface area (Å²) in [5.74, 6) is 0.853. The summed E-state index contributed by atoms with van der Waals surface area (Å²) in [5.41, 5.74) is 2.29. The first-order chi connectivity index (χ1) is 14.8. The van der Waals surface area contributed by atoms with Crippen molar-refractivity contribution >= 4 is 67.4 Å². The number of benzene rings is 2. The standard InChI is InChI=1S/C19H18Cl2N4O3S3/c1-12-4-2-3-5-14(12)17(26)23-18-24-25-19(30-18)31(27,28)22-8-9-29-11-13-6-7-15(20)16(21)10-13/h2-7,10,22H,8-9,11H2,1H3,(H,23,24,26). The molecule has 0 atom stereocenters. The molecule has 0 unspecified atom stereocenters. The van der Waals surface area contributed by atoms with Crippen LogP contribution in [0.1, 0.15) is 21.5 Å². The van der Waals surface area contributed by atoms with Crippen molar-refractivity contribution in [2.45, 2.75) is 17.0 Å². The SMILES string of the molecule is Cc1ccccc1C(=O)Nc1nnc(S(=O)(=O)NCCSCc2ccc(Cl)c(Cl)c2)s1. The molecule has 0 saturated carbocycles. The van der Waals surface area contributed by atoms with Gasteiger partial charge in [0.1, 0.15) is 0 Å². The third kappa shape index (κ3) is 6.64. The van der Waals surface area contributed by atoms with Crippen LogP contribution in [0.5, 0.6) is 0 Å². The molecule has 0 saturated heterocycles. The number of aromatic nitrogens is 2. The van der Waals surface area contributed by atoms with Crippen molar-refractivity contribution in [1.29, 1.82) is 0 Å². The Bertz CT molecular complexity index is 1190. The Morgan fingerprint density at radius 2 is 1.90 bits per heavy atom. The van der Waals surface area contributed by atoms with Crippen LogP contribution in [-0.4, -0.2) is 36.8 Å². The Kier molecular flexibility index (Phi) is 8.31. The average Bonchev–Trinajstić information content (AvgIpc) is 3.20. The van der Waals surface area contributed by atoms with Crippen LogP contribution in [0.25, 0.3) is 0 Å². The molecule has 1 heterocycles. The smallest absolute Gasteiger partial charge is 0.269 e. The Balaban J connectivity index is 1.49. The maximum absolute atomic E-state index is 12.4. The van der Waals surface area contributed by atoms with Gasteiger partial charge in [0.2, 0.25) is 9.47 Å². The predicted octanol–water partition coefficient (Wildman–Crippen LogP) is 4.62. The largest absolute Gasteiger partial charge is 0.296 e. The molecule has 3 aromatic rings. The van der Waals surface area contributed by atoms with E-state index in [1.165, 1.54) is 0 Å². The highest BCUT2D eigenvalue weighted by atomic mass is 35.5. The number of sulfonamides is 1. The average molecular weight is 517 g/mol. The Morgan fingerprint density at radius 1 is 1.13 bits per heavy atom. The highest BCUT2D eigenvalue weighted by Gasteiger charge is 2.21. The molecule has 0 aliphatic heterocycles. The number of amides is 1. The molecule has 0 spiro atoms. The first-order valence-corrected chi connectivity index (χ1v) is 13.2. The van der Waals surface area contributed by atoms with Crippen LogP contribution in [0, 0.1) is 6.92 Å². The maximum Gasteiger partial charge on any atom is 0.269 e. The summed E-state index contributed by atoms with van der Waals surface area (Å²) < 4.78 is 27.1. The lowest BCUT2D eigenvalue weighted by atomic mass is 10.1. The minimum Gasteiger partial charge on any atom is -0.296 e. The van der Waals surface area contributed by atoms with Crippen molar-refractivity contribution in [3.8, 4) is 0 Å². The number of nitrogens with one attached hydrogen (secondary N) is 2. The van der Waals surface area contributed by atoms with Gasteiger partial charge in [-0.3, -0.25) is 10.1 Å². The van der Waals surface area contributed by atoms with Gasteiger partial charge in [0.25, 0.3) is 15.9 Å². The molecular weight excluding hydrogens is 499 g/mol. The van der Waals surface area contributed by atoms with E-state index < -0.39 is 10.0 Å². The van der Waals surface area contributed by atoms with Crippen LogP contribution in [0.3, 0.4) is 0 Å². The minimum absolute atomic E-state index is 0.114. The van der Waals surface area contributed by atoms with E-state index in [2.05, 4.69) is 20.2 Å². The summed E-state index contributed by atoms with van der Waals surface area (Å²) in [6.07, 6.45) is 0. The highest BCUT2D eigenvalue weighted by Crippen LogP contribution is 2.25. The molecule has 164 valence electrons. The fraction of sp³-hybridized carbons (Fsp3) is 0.211. The van der Waals surface area contributed by atoms with Crippen molar-refractivity contribution in [3.63, 3.8) is 0 Å². The molecule has 0 aliphatic carbocycles. The molecule has 0 radical (unpaired) electrons. The molecule has 1 aromatic heterocycles. The number of hydrogen-bond donors (Lipinski definition) is 2. The van der Waals surface area contributed by atoms with E-state index in [9.17, 15) is 13.2 Å². The second kappa shape index (κ2) is 10.8. The summed E-state index contributed by atoms with van der Waals surface area (Å²) >= 11 is 14.2. The monoisotopic (exact) mass is 516 g/mol. The third-order valence-electron chi connectivity index (χ3n) is 4.04. The summed E-state index contributed by atoms with van der Waals surface area (Å²) in [6.45, 7) is 2.03. The minimum atomic E-state index is -3.81. The van der Waals surface area contributed by atoms with Crippen molar-refractivity contribution in [2.75, 3.05) is 17.6 Å². The zero-order valence-corrected chi connectivity index (χ0v) is 20.2. The number of rotatable bonds is 9. The van der Waals surface area contributed by atoms with Gasteiger partial charge in [-0.05, 0) is 36.2 Å². The normalized spacial score (nSPS) is 11.5. The molecule has 31 heavy (non-hydrogen) atoms. The highest BCUT2D eigenvalue weighted by molar-refractivity contribution is 7.98. The van der Waals surface area contributed by atoms with E-state index in [1.807, 2.05) is 25.1 Å². The molecule has 1 amide bonds. The number of halogens is 2. The third-order valence-corrected chi connectivity index (χ3v) is 8.47. The lowest BCUT2D eigenvalue weighted by molar-refractivity contribution is 0.102. The number of aryl methyl sites for hydroxylation is 1. The molecular formula is C19H18Cl2N4O3S3. The van der Waals surface area contributed by atoms with Crippen molar-refractivity contribution in [1.82, 2.24) is 14.9 Å². The number of hydrogen-bond acceptors (Lipinski definition) is 7. The van der Waals surface area contributed by atoms with Gasteiger partial charge in [-0.1, -0.05) is 58.8 Å². The van der Waals surface area contributed by atoms with Crippen LogP contribution in [0.15, 0.2) is 46.8 Å². The van der Waals surface area contributed by atoms with Crippen molar-refractivity contribution < 1.29 is 13.2 Å². The van der Waals surface area contributed by atoms with E-state index >= 15 is 0 Å². The van der Waals surface area contributed by atoms with Gasteiger partial charge >= 0.3 is 0 Å². The van der Waals surface area contributed by atoms with Gasteiger partial charge in [0.05, 0.1) is 10.0 Å². The fourth-order valence-corrected chi connectivity index (χ4v) is 5.71. The molecule has 0 fully saturated rings. The predicted molar refractivity (Wildman–Crippen MR) is 127 cm³/mol. The lowest BCUT2D eigenvalue weighted by Gasteiger charge is -2.05. The Hall–Kier alpha value is -1.69. The first-order valence-electron chi connectivity index (χ1n) is 8.98.